The highest BCUT2D eigenvalue weighted by molar-refractivity contribution is 7.92. The normalized spacial score (nSPS) is 14.6. The number of ether oxygens (including phenoxy) is 1. The lowest BCUT2D eigenvalue weighted by Crippen LogP contribution is -2.30. The van der Waals surface area contributed by atoms with Crippen LogP contribution in [0.2, 0.25) is 15.1 Å². The number of para-hydroxylation sites is 1. The summed E-state index contributed by atoms with van der Waals surface area (Å²) in [6.07, 6.45) is 0. The zero-order valence-electron chi connectivity index (χ0n) is 21.9. The van der Waals surface area contributed by atoms with Gasteiger partial charge in [-0.2, -0.15) is 27.3 Å². The zero-order valence-corrected chi connectivity index (χ0v) is 25.0. The van der Waals surface area contributed by atoms with Gasteiger partial charge in [0.25, 0.3) is 21.1 Å². The van der Waals surface area contributed by atoms with Gasteiger partial charge in [-0.25, -0.2) is 5.06 Å². The molecule has 1 fully saturated rings. The summed E-state index contributed by atoms with van der Waals surface area (Å²) in [5, 5.41) is 5.45. The van der Waals surface area contributed by atoms with Crippen LogP contribution >= 0.6 is 34.8 Å². The number of nitrogens with one attached hydrogen (secondary N) is 1. The van der Waals surface area contributed by atoms with Gasteiger partial charge in [0, 0.05) is 11.1 Å². The lowest BCUT2D eigenvalue weighted by Gasteiger charge is -2.16. The maximum absolute atomic E-state index is 13.5. The van der Waals surface area contributed by atoms with E-state index in [0.717, 1.165) is 16.1 Å². The molecule has 3 heterocycles. The highest BCUT2D eigenvalue weighted by atomic mass is 35.5. The first-order chi connectivity index (χ1) is 19.3. The van der Waals surface area contributed by atoms with Crippen molar-refractivity contribution in [2.24, 2.45) is 5.41 Å². The van der Waals surface area contributed by atoms with E-state index in [-0.39, 0.29) is 39.9 Å². The molecule has 1 saturated heterocycles. The summed E-state index contributed by atoms with van der Waals surface area (Å²) >= 11 is 17.9. The van der Waals surface area contributed by atoms with E-state index in [1.54, 1.807) is 13.0 Å². The van der Waals surface area contributed by atoms with Crippen LogP contribution in [-0.4, -0.2) is 52.2 Å². The molecule has 1 amide bonds. The number of aromatic nitrogens is 4. The van der Waals surface area contributed by atoms with Gasteiger partial charge >= 0.3 is 6.01 Å². The number of sulfonamides is 1. The number of halogens is 4. The minimum absolute atomic E-state index is 0.00687. The van der Waals surface area contributed by atoms with Crippen molar-refractivity contribution in [1.82, 2.24) is 24.6 Å². The molecule has 1 aliphatic heterocycles. The van der Waals surface area contributed by atoms with Crippen LogP contribution < -0.4 is 9.46 Å². The topological polar surface area (TPSA) is 128 Å². The Hall–Kier alpha value is -3.23. The maximum Gasteiger partial charge on any atom is 0.322 e. The largest absolute Gasteiger partial charge is 0.464 e. The van der Waals surface area contributed by atoms with E-state index in [0.29, 0.717) is 18.2 Å². The molecule has 5 rings (SSSR count). The number of anilines is 1. The third-order valence-electron chi connectivity index (χ3n) is 5.62. The van der Waals surface area contributed by atoms with Gasteiger partial charge in [0.15, 0.2) is 5.65 Å². The van der Waals surface area contributed by atoms with Crippen molar-refractivity contribution in [3.8, 4) is 6.01 Å². The Labute approximate surface area is 250 Å². The van der Waals surface area contributed by atoms with Gasteiger partial charge in [0.2, 0.25) is 5.95 Å². The van der Waals surface area contributed by atoms with Gasteiger partial charge in [-0.3, -0.25) is 14.4 Å². The molecule has 0 bridgehead atoms. The second-order valence-electron chi connectivity index (χ2n) is 9.25. The fourth-order valence-electron chi connectivity index (χ4n) is 3.52. The third-order valence-corrected chi connectivity index (χ3v) is 7.74. The van der Waals surface area contributed by atoms with Crippen LogP contribution in [0.3, 0.4) is 0 Å². The average Bonchev–Trinajstić information content (AvgIpc) is 3.45. The van der Waals surface area contributed by atoms with Crippen LogP contribution in [-0.2, 0) is 26.2 Å². The van der Waals surface area contributed by atoms with Crippen molar-refractivity contribution in [2.75, 3.05) is 17.9 Å². The molecule has 16 heteroatoms. The Morgan fingerprint density at radius 1 is 1.07 bits per heavy atom. The van der Waals surface area contributed by atoms with Crippen LogP contribution in [0.15, 0.2) is 53.7 Å². The molecule has 0 aliphatic carbocycles. The highest BCUT2D eigenvalue weighted by Gasteiger charge is 2.40. The third kappa shape index (κ3) is 6.99. The number of fused-ring (bicyclic) bond motifs is 1. The Morgan fingerprint density at radius 2 is 1.73 bits per heavy atom. The summed E-state index contributed by atoms with van der Waals surface area (Å²) in [5.74, 6) is -0.873. The van der Waals surface area contributed by atoms with Crippen LogP contribution in [0, 0.1) is 11.4 Å². The molecule has 0 spiro atoms. The second-order valence-corrected chi connectivity index (χ2v) is 12.0. The number of carbonyl (C=O) groups excluding carboxylic acids is 1. The Balaban J connectivity index is 0.000000208. The standard InChI is InChI=1S/C13H10Cl2FN5O3S.C12H14ClNO2/c1-2-24-13-17-9(16)6-10-18-12(19-21(10)13)25(22,23)20-11-7(14)4-3-5-8(11)15;1-12(2)8-16-14(11(12)15)7-9-5-3-4-6-10(9)13/h3-6,20H,2H2,1H3;3-6H,7-8H2,1-2H3. The number of amides is 1. The van der Waals surface area contributed by atoms with Gasteiger partial charge < -0.3 is 4.74 Å². The first kappa shape index (κ1) is 30.7. The van der Waals surface area contributed by atoms with Crippen LogP contribution in [0.1, 0.15) is 26.3 Å². The quantitative estimate of drug-likeness (QED) is 0.264. The SMILES string of the molecule is CC1(C)CON(Cc2ccccc2Cl)C1=O.CCOc1nc(F)cc2nc(S(=O)(=O)Nc3c(Cl)cccc3Cl)nn12. The molecule has 41 heavy (non-hydrogen) atoms. The van der Waals surface area contributed by atoms with E-state index < -0.39 is 26.5 Å². The van der Waals surface area contributed by atoms with Crippen molar-refractivity contribution in [1.29, 1.82) is 0 Å². The molecule has 0 radical (unpaired) electrons. The molecule has 1 aliphatic rings. The number of hydrogen-bond donors (Lipinski definition) is 1. The van der Waals surface area contributed by atoms with E-state index in [4.69, 9.17) is 44.4 Å². The minimum atomic E-state index is -4.23. The highest BCUT2D eigenvalue weighted by Crippen LogP contribution is 2.32. The van der Waals surface area contributed by atoms with E-state index in [1.165, 1.54) is 17.2 Å². The first-order valence-electron chi connectivity index (χ1n) is 12.0. The number of hydroxylamine groups is 2. The van der Waals surface area contributed by atoms with Gasteiger partial charge in [-0.1, -0.05) is 59.1 Å². The Bertz CT molecular complexity index is 1680. The number of rotatable bonds is 7. The van der Waals surface area contributed by atoms with Crippen molar-refractivity contribution in [3.63, 3.8) is 0 Å². The zero-order chi connectivity index (χ0) is 29.9. The molecule has 2 aromatic carbocycles. The lowest BCUT2D eigenvalue weighted by molar-refractivity contribution is -0.165. The van der Waals surface area contributed by atoms with Gasteiger partial charge in [0.05, 0.1) is 40.9 Å². The summed E-state index contributed by atoms with van der Waals surface area (Å²) in [6.45, 7) is 6.43. The first-order valence-corrected chi connectivity index (χ1v) is 14.7. The summed E-state index contributed by atoms with van der Waals surface area (Å²) in [5.41, 5.74) is 0.372. The van der Waals surface area contributed by atoms with Crippen LogP contribution in [0.25, 0.3) is 5.65 Å². The summed E-state index contributed by atoms with van der Waals surface area (Å²) < 4.78 is 46.9. The predicted molar refractivity (Wildman–Crippen MR) is 151 cm³/mol. The summed E-state index contributed by atoms with van der Waals surface area (Å²) in [4.78, 5) is 24.6. The van der Waals surface area contributed by atoms with Crippen LogP contribution in [0.4, 0.5) is 10.1 Å². The predicted octanol–water partition coefficient (Wildman–Crippen LogP) is 5.41. The Morgan fingerprint density at radius 3 is 2.34 bits per heavy atom. The number of carbonyl (C=O) groups is 1. The van der Waals surface area contributed by atoms with E-state index >= 15 is 0 Å². The summed E-state index contributed by atoms with van der Waals surface area (Å²) in [6, 6.07) is 12.7. The molecule has 0 unspecified atom stereocenters. The number of benzene rings is 2. The molecule has 11 nitrogen and oxygen atoms in total. The molecule has 218 valence electrons. The minimum Gasteiger partial charge on any atom is -0.464 e. The van der Waals surface area contributed by atoms with Crippen molar-refractivity contribution < 1.29 is 27.2 Å². The molecular weight excluding hydrogens is 622 g/mol. The van der Waals surface area contributed by atoms with Crippen molar-refractivity contribution >= 4 is 62.1 Å². The fourth-order valence-corrected chi connectivity index (χ4v) is 5.31. The Kier molecular flexibility index (Phi) is 9.24. The molecule has 1 N–H and O–H groups in total. The number of hydrogen-bond acceptors (Lipinski definition) is 8. The molecular formula is C25H24Cl3FN6O5S. The van der Waals surface area contributed by atoms with E-state index in [2.05, 4.69) is 19.8 Å². The van der Waals surface area contributed by atoms with Gasteiger partial charge in [-0.15, -0.1) is 5.10 Å². The monoisotopic (exact) mass is 644 g/mol. The number of nitrogens with zero attached hydrogens (tertiary/aromatic N) is 5. The molecule has 0 atom stereocenters. The van der Waals surface area contributed by atoms with Crippen molar-refractivity contribution in [3.05, 3.63) is 75.1 Å². The van der Waals surface area contributed by atoms with Gasteiger partial charge in [0.1, 0.15) is 0 Å². The summed E-state index contributed by atoms with van der Waals surface area (Å²) in [7, 11) is -4.23. The van der Waals surface area contributed by atoms with E-state index in [9.17, 15) is 17.6 Å². The second kappa shape index (κ2) is 12.3. The fraction of sp³-hybridized carbons (Fsp3) is 0.280. The maximum atomic E-state index is 13.5. The van der Waals surface area contributed by atoms with Crippen LogP contribution in [0.5, 0.6) is 6.01 Å². The van der Waals surface area contributed by atoms with Crippen molar-refractivity contribution in [2.45, 2.75) is 32.5 Å². The molecule has 2 aromatic heterocycles. The van der Waals surface area contributed by atoms with Gasteiger partial charge in [-0.05, 0) is 44.5 Å². The smallest absolute Gasteiger partial charge is 0.322 e. The molecule has 0 saturated carbocycles. The lowest BCUT2D eigenvalue weighted by atomic mass is 9.95. The average molecular weight is 646 g/mol. The molecule has 4 aromatic rings. The van der Waals surface area contributed by atoms with E-state index in [1.807, 2.05) is 38.1 Å².